The lowest BCUT2D eigenvalue weighted by molar-refractivity contribution is -0.144. The van der Waals surface area contributed by atoms with Gasteiger partial charge in [0.15, 0.2) is 0 Å². The van der Waals surface area contributed by atoms with Gasteiger partial charge in [-0.15, -0.1) is 0 Å². The van der Waals surface area contributed by atoms with Crippen LogP contribution in [-0.4, -0.2) is 11.1 Å². The van der Waals surface area contributed by atoms with Crippen molar-refractivity contribution in [1.82, 2.24) is 0 Å². The van der Waals surface area contributed by atoms with E-state index in [4.69, 9.17) is 13.9 Å². The fraction of sp³-hybridized carbons (Fsp3) is 0.0870. The number of phenolic OH excluding ortho intramolecular Hbond substituents is 1. The van der Waals surface area contributed by atoms with Gasteiger partial charge in [-0.2, -0.15) is 0 Å². The maximum Gasteiger partial charge on any atom is 0.310 e. The molecule has 4 rings (SSSR count). The second-order valence-corrected chi connectivity index (χ2v) is 6.30. The van der Waals surface area contributed by atoms with Crippen molar-refractivity contribution in [2.75, 3.05) is 0 Å². The molecule has 0 radical (unpaired) electrons. The van der Waals surface area contributed by atoms with Crippen LogP contribution in [0.1, 0.15) is 11.1 Å². The summed E-state index contributed by atoms with van der Waals surface area (Å²) in [7, 11) is 0. The molecule has 4 aromatic rings. The minimum absolute atomic E-state index is 0.0828. The van der Waals surface area contributed by atoms with E-state index in [1.54, 1.807) is 12.1 Å². The Hall–Kier alpha value is -3.73. The number of ether oxygens (including phenoxy) is 2. The molecule has 5 heteroatoms. The molecule has 1 N–H and O–H groups in total. The van der Waals surface area contributed by atoms with Gasteiger partial charge in [-0.1, -0.05) is 36.4 Å². The van der Waals surface area contributed by atoms with E-state index in [0.29, 0.717) is 16.9 Å². The van der Waals surface area contributed by atoms with Crippen molar-refractivity contribution in [2.45, 2.75) is 13.0 Å². The van der Waals surface area contributed by atoms with Crippen molar-refractivity contribution in [1.29, 1.82) is 0 Å². The van der Waals surface area contributed by atoms with Gasteiger partial charge in [0.2, 0.25) is 0 Å². The van der Waals surface area contributed by atoms with E-state index in [2.05, 4.69) is 0 Å². The first kappa shape index (κ1) is 17.7. The summed E-state index contributed by atoms with van der Waals surface area (Å²) >= 11 is 0. The number of rotatable bonds is 6. The van der Waals surface area contributed by atoms with Crippen LogP contribution in [0.15, 0.2) is 83.5 Å². The fourth-order valence-corrected chi connectivity index (χ4v) is 2.91. The Labute approximate surface area is 161 Å². The van der Waals surface area contributed by atoms with E-state index in [1.165, 1.54) is 12.3 Å². The molecule has 0 saturated carbocycles. The number of para-hydroxylation sites is 2. The molecule has 0 aliphatic heterocycles. The lowest BCUT2D eigenvalue weighted by Crippen LogP contribution is -2.08. The molecule has 0 aliphatic carbocycles. The zero-order chi connectivity index (χ0) is 19.3. The molecule has 0 saturated heterocycles. The molecule has 0 atom stereocenters. The third kappa shape index (κ3) is 3.99. The normalized spacial score (nSPS) is 10.7. The van der Waals surface area contributed by atoms with Crippen LogP contribution in [0.4, 0.5) is 0 Å². The molecule has 0 bridgehead atoms. The minimum Gasteiger partial charge on any atom is -0.508 e. The Balaban J connectivity index is 1.42. The third-order valence-electron chi connectivity index (χ3n) is 4.31. The number of carbonyl (C=O) groups is 1. The van der Waals surface area contributed by atoms with E-state index < -0.39 is 0 Å². The Kier molecular flexibility index (Phi) is 4.97. The van der Waals surface area contributed by atoms with Crippen LogP contribution in [0, 0.1) is 0 Å². The van der Waals surface area contributed by atoms with Crippen LogP contribution < -0.4 is 4.74 Å². The lowest BCUT2D eigenvalue weighted by atomic mass is 10.1. The van der Waals surface area contributed by atoms with Gasteiger partial charge in [0.25, 0.3) is 0 Å². The van der Waals surface area contributed by atoms with Crippen LogP contribution in [0.5, 0.6) is 17.2 Å². The summed E-state index contributed by atoms with van der Waals surface area (Å²) in [6.07, 6.45) is 1.59. The van der Waals surface area contributed by atoms with E-state index in [9.17, 15) is 9.90 Å². The first-order chi connectivity index (χ1) is 13.7. The smallest absolute Gasteiger partial charge is 0.310 e. The van der Waals surface area contributed by atoms with Crippen LogP contribution >= 0.6 is 0 Å². The molecule has 1 aromatic heterocycles. The Bertz CT molecular complexity index is 1100. The average molecular weight is 374 g/mol. The van der Waals surface area contributed by atoms with Gasteiger partial charge in [-0.3, -0.25) is 4.79 Å². The average Bonchev–Trinajstić information content (AvgIpc) is 3.10. The molecule has 0 fully saturated rings. The molecule has 0 spiro atoms. The highest BCUT2D eigenvalue weighted by molar-refractivity contribution is 5.86. The van der Waals surface area contributed by atoms with E-state index in [1.807, 2.05) is 54.6 Å². The Morgan fingerprint density at radius 1 is 0.929 bits per heavy atom. The summed E-state index contributed by atoms with van der Waals surface area (Å²) in [6, 6.07) is 21.7. The summed E-state index contributed by atoms with van der Waals surface area (Å²) in [6.45, 7) is 0.110. The van der Waals surface area contributed by atoms with Crippen molar-refractivity contribution in [3.05, 3.63) is 90.2 Å². The highest BCUT2D eigenvalue weighted by atomic mass is 16.5. The predicted molar refractivity (Wildman–Crippen MR) is 104 cm³/mol. The summed E-state index contributed by atoms with van der Waals surface area (Å²) in [5, 5.41) is 10.3. The first-order valence-corrected chi connectivity index (χ1v) is 8.84. The second-order valence-electron chi connectivity index (χ2n) is 6.30. The van der Waals surface area contributed by atoms with Gasteiger partial charge in [0.1, 0.15) is 29.4 Å². The zero-order valence-corrected chi connectivity index (χ0v) is 15.0. The van der Waals surface area contributed by atoms with Gasteiger partial charge < -0.3 is 19.0 Å². The minimum atomic E-state index is -0.370. The largest absolute Gasteiger partial charge is 0.508 e. The predicted octanol–water partition coefficient (Wildman–Crippen LogP) is 5.22. The van der Waals surface area contributed by atoms with Crippen LogP contribution in [0.3, 0.4) is 0 Å². The van der Waals surface area contributed by atoms with Gasteiger partial charge in [-0.25, -0.2) is 0 Å². The highest BCUT2D eigenvalue weighted by Crippen LogP contribution is 2.27. The number of carbonyl (C=O) groups excluding carboxylic acids is 1. The summed E-state index contributed by atoms with van der Waals surface area (Å²) < 4.78 is 16.7. The summed E-state index contributed by atoms with van der Waals surface area (Å²) in [5.74, 6) is 1.11. The van der Waals surface area contributed by atoms with Crippen LogP contribution in [0.2, 0.25) is 0 Å². The van der Waals surface area contributed by atoms with Crippen molar-refractivity contribution in [3.8, 4) is 17.2 Å². The number of fused-ring (bicyclic) bond motifs is 1. The standard InChI is InChI=1S/C23H18O5/c24-18-10-11-20-17(15-26-22(20)13-18)12-23(25)27-14-16-6-4-5-9-21(16)28-19-7-2-1-3-8-19/h1-11,13,15,24H,12,14H2. The molecule has 0 unspecified atom stereocenters. The number of furan rings is 1. The molecular formula is C23H18O5. The highest BCUT2D eigenvalue weighted by Gasteiger charge is 2.13. The summed E-state index contributed by atoms with van der Waals surface area (Å²) in [4.78, 5) is 12.3. The Morgan fingerprint density at radius 3 is 2.57 bits per heavy atom. The molecule has 5 nitrogen and oxygen atoms in total. The maximum absolute atomic E-state index is 12.3. The lowest BCUT2D eigenvalue weighted by Gasteiger charge is -2.11. The molecule has 28 heavy (non-hydrogen) atoms. The maximum atomic E-state index is 12.3. The molecule has 140 valence electrons. The number of hydrogen-bond donors (Lipinski definition) is 1. The molecular weight excluding hydrogens is 356 g/mol. The van der Waals surface area contributed by atoms with Gasteiger partial charge in [0.05, 0.1) is 12.7 Å². The topological polar surface area (TPSA) is 68.9 Å². The second kappa shape index (κ2) is 7.88. The van der Waals surface area contributed by atoms with Gasteiger partial charge >= 0.3 is 5.97 Å². The number of esters is 1. The zero-order valence-electron chi connectivity index (χ0n) is 15.0. The van der Waals surface area contributed by atoms with E-state index >= 15 is 0 Å². The molecule has 0 aliphatic rings. The van der Waals surface area contributed by atoms with Crippen molar-refractivity contribution in [2.24, 2.45) is 0 Å². The number of phenols is 1. The third-order valence-corrected chi connectivity index (χ3v) is 4.31. The fourth-order valence-electron chi connectivity index (χ4n) is 2.91. The monoisotopic (exact) mass is 374 g/mol. The first-order valence-electron chi connectivity index (χ1n) is 8.84. The Morgan fingerprint density at radius 2 is 1.71 bits per heavy atom. The molecule has 1 heterocycles. The quantitative estimate of drug-likeness (QED) is 0.469. The van der Waals surface area contributed by atoms with Gasteiger partial charge in [-0.05, 0) is 30.3 Å². The number of hydrogen-bond acceptors (Lipinski definition) is 5. The van der Waals surface area contributed by atoms with Crippen LogP contribution in [-0.2, 0) is 22.6 Å². The number of aromatic hydroxyl groups is 1. The van der Waals surface area contributed by atoms with E-state index in [0.717, 1.165) is 16.7 Å². The van der Waals surface area contributed by atoms with E-state index in [-0.39, 0.29) is 24.7 Å². The molecule has 3 aromatic carbocycles. The van der Waals surface area contributed by atoms with Gasteiger partial charge in [0, 0.05) is 22.6 Å². The molecule has 0 amide bonds. The van der Waals surface area contributed by atoms with Crippen molar-refractivity contribution >= 4 is 16.9 Å². The van der Waals surface area contributed by atoms with Crippen molar-refractivity contribution in [3.63, 3.8) is 0 Å². The SMILES string of the molecule is O=C(Cc1coc2cc(O)ccc12)OCc1ccccc1Oc1ccccc1. The summed E-state index contributed by atoms with van der Waals surface area (Å²) in [5.41, 5.74) is 2.03. The number of benzene rings is 3. The van der Waals surface area contributed by atoms with Crippen LogP contribution in [0.25, 0.3) is 11.0 Å². The van der Waals surface area contributed by atoms with Crippen molar-refractivity contribution < 1.29 is 23.8 Å².